The zero-order valence-electron chi connectivity index (χ0n) is 14.1. The number of rotatable bonds is 5. The van der Waals surface area contributed by atoms with Crippen LogP contribution in [-0.4, -0.2) is 30.6 Å². The Morgan fingerprint density at radius 3 is 2.68 bits per heavy atom. The number of halogens is 1. The fourth-order valence-electron chi connectivity index (χ4n) is 2.76. The molecule has 1 heterocycles. The van der Waals surface area contributed by atoms with Crippen molar-refractivity contribution in [1.29, 1.82) is 0 Å². The molecule has 2 aromatic carbocycles. The molecule has 0 aliphatic carbocycles. The van der Waals surface area contributed by atoms with E-state index in [1.807, 2.05) is 55.5 Å². The summed E-state index contributed by atoms with van der Waals surface area (Å²) >= 11 is 6.31. The summed E-state index contributed by atoms with van der Waals surface area (Å²) in [6.45, 7) is 2.35. The molecule has 0 aliphatic heterocycles. The van der Waals surface area contributed by atoms with Crippen LogP contribution < -0.4 is 5.32 Å². The number of carbonyl (C=O) groups excluding carboxylic acids is 1. The van der Waals surface area contributed by atoms with Crippen molar-refractivity contribution in [1.82, 2.24) is 10.3 Å². The van der Waals surface area contributed by atoms with Crippen LogP contribution in [-0.2, 0) is 4.74 Å². The molecule has 0 spiro atoms. The molecular formula is C20H19ClN2O2. The van der Waals surface area contributed by atoms with Crippen LogP contribution in [0.3, 0.4) is 0 Å². The third kappa shape index (κ3) is 3.81. The van der Waals surface area contributed by atoms with E-state index in [0.29, 0.717) is 22.9 Å². The number of fused-ring (bicyclic) bond motifs is 1. The van der Waals surface area contributed by atoms with Gasteiger partial charge in [0.25, 0.3) is 5.91 Å². The zero-order chi connectivity index (χ0) is 17.8. The predicted octanol–water partition coefficient (Wildman–Crippen LogP) is 4.32. The minimum atomic E-state index is -0.156. The number of ether oxygens (including phenoxy) is 1. The van der Waals surface area contributed by atoms with Gasteiger partial charge in [-0.15, -0.1) is 0 Å². The van der Waals surface area contributed by atoms with Crippen molar-refractivity contribution < 1.29 is 9.53 Å². The van der Waals surface area contributed by atoms with E-state index in [9.17, 15) is 4.79 Å². The first kappa shape index (κ1) is 17.4. The fraction of sp³-hybridized carbons (Fsp3) is 0.200. The van der Waals surface area contributed by atoms with Gasteiger partial charge in [0.1, 0.15) is 0 Å². The Labute approximate surface area is 151 Å². The van der Waals surface area contributed by atoms with Crippen LogP contribution >= 0.6 is 11.6 Å². The van der Waals surface area contributed by atoms with E-state index >= 15 is 0 Å². The van der Waals surface area contributed by atoms with E-state index in [-0.39, 0.29) is 11.9 Å². The molecule has 0 radical (unpaired) electrons. The molecule has 4 nitrogen and oxygen atoms in total. The lowest BCUT2D eigenvalue weighted by Gasteiger charge is -2.15. The largest absolute Gasteiger partial charge is 0.383 e. The van der Waals surface area contributed by atoms with Crippen molar-refractivity contribution in [3.63, 3.8) is 0 Å². The van der Waals surface area contributed by atoms with Crippen LogP contribution in [0.25, 0.3) is 22.2 Å². The number of nitrogens with one attached hydrogen (secondary N) is 1. The number of pyridine rings is 1. The summed E-state index contributed by atoms with van der Waals surface area (Å²) < 4.78 is 5.09. The molecule has 0 aliphatic rings. The third-order valence-electron chi connectivity index (χ3n) is 3.90. The average Bonchev–Trinajstić information content (AvgIpc) is 2.61. The normalized spacial score (nSPS) is 12.1. The summed E-state index contributed by atoms with van der Waals surface area (Å²) in [5.74, 6) is -0.156. The van der Waals surface area contributed by atoms with Crippen molar-refractivity contribution in [2.45, 2.75) is 13.0 Å². The number of benzene rings is 2. The van der Waals surface area contributed by atoms with Crippen molar-refractivity contribution in [2.75, 3.05) is 13.7 Å². The molecule has 3 aromatic rings. The monoisotopic (exact) mass is 354 g/mol. The standard InChI is InChI=1S/C20H19ClN2O2/c1-13(12-25-2)22-20(24)16-11-19(15-8-3-5-9-17(15)21)23-18-10-6-4-7-14(16)18/h3-11,13H,12H2,1-2H3,(H,22,24). The lowest BCUT2D eigenvalue weighted by Crippen LogP contribution is -2.35. The maximum Gasteiger partial charge on any atom is 0.252 e. The highest BCUT2D eigenvalue weighted by Crippen LogP contribution is 2.29. The van der Waals surface area contributed by atoms with Gasteiger partial charge in [0.05, 0.1) is 23.4 Å². The molecule has 5 heteroatoms. The molecule has 3 rings (SSSR count). The number of amides is 1. The lowest BCUT2D eigenvalue weighted by molar-refractivity contribution is 0.0907. The fourth-order valence-corrected chi connectivity index (χ4v) is 3.00. The molecule has 1 amide bonds. The van der Waals surface area contributed by atoms with E-state index in [0.717, 1.165) is 16.5 Å². The number of nitrogens with zero attached hydrogens (tertiary/aromatic N) is 1. The summed E-state index contributed by atoms with van der Waals surface area (Å²) in [5.41, 5.74) is 2.80. The number of aromatic nitrogens is 1. The molecule has 0 bridgehead atoms. The van der Waals surface area contributed by atoms with E-state index < -0.39 is 0 Å². The van der Waals surface area contributed by atoms with Gasteiger partial charge in [0, 0.05) is 29.1 Å². The summed E-state index contributed by atoms with van der Waals surface area (Å²) in [5, 5.41) is 4.37. The van der Waals surface area contributed by atoms with E-state index in [1.165, 1.54) is 0 Å². The highest BCUT2D eigenvalue weighted by molar-refractivity contribution is 6.33. The van der Waals surface area contributed by atoms with Gasteiger partial charge in [0.15, 0.2) is 0 Å². The molecule has 1 N–H and O–H groups in total. The smallest absolute Gasteiger partial charge is 0.252 e. The summed E-state index contributed by atoms with van der Waals surface area (Å²) in [6, 6.07) is 16.8. The van der Waals surface area contributed by atoms with Gasteiger partial charge >= 0.3 is 0 Å². The van der Waals surface area contributed by atoms with Crippen molar-refractivity contribution >= 4 is 28.4 Å². The first-order valence-corrected chi connectivity index (χ1v) is 8.42. The highest BCUT2D eigenvalue weighted by Gasteiger charge is 2.16. The number of hydrogen-bond donors (Lipinski definition) is 1. The Morgan fingerprint density at radius 1 is 1.20 bits per heavy atom. The van der Waals surface area contributed by atoms with Gasteiger partial charge < -0.3 is 10.1 Å². The Bertz CT molecular complexity index is 911. The molecule has 1 atom stereocenters. The molecule has 0 saturated carbocycles. The summed E-state index contributed by atoms with van der Waals surface area (Å²) in [6.07, 6.45) is 0. The minimum Gasteiger partial charge on any atom is -0.383 e. The van der Waals surface area contributed by atoms with Crippen LogP contribution in [0.15, 0.2) is 54.6 Å². The molecular weight excluding hydrogens is 336 g/mol. The van der Waals surface area contributed by atoms with Gasteiger partial charge in [-0.3, -0.25) is 4.79 Å². The van der Waals surface area contributed by atoms with Gasteiger partial charge in [-0.1, -0.05) is 48.0 Å². The number of carbonyl (C=O) groups is 1. The second kappa shape index (κ2) is 7.64. The van der Waals surface area contributed by atoms with E-state index in [1.54, 1.807) is 13.2 Å². The van der Waals surface area contributed by atoms with Gasteiger partial charge in [-0.05, 0) is 25.1 Å². The Hall–Kier alpha value is -2.43. The molecule has 128 valence electrons. The SMILES string of the molecule is COCC(C)NC(=O)c1cc(-c2ccccc2Cl)nc2ccccc12. The zero-order valence-corrected chi connectivity index (χ0v) is 14.9. The number of hydrogen-bond acceptors (Lipinski definition) is 3. The number of para-hydroxylation sites is 1. The third-order valence-corrected chi connectivity index (χ3v) is 4.23. The highest BCUT2D eigenvalue weighted by atomic mass is 35.5. The van der Waals surface area contributed by atoms with Crippen molar-refractivity contribution in [3.05, 3.63) is 65.2 Å². The predicted molar refractivity (Wildman–Crippen MR) is 101 cm³/mol. The first-order valence-electron chi connectivity index (χ1n) is 8.04. The van der Waals surface area contributed by atoms with Gasteiger partial charge in [-0.25, -0.2) is 4.98 Å². The number of methoxy groups -OCH3 is 1. The quantitative estimate of drug-likeness (QED) is 0.742. The summed E-state index contributed by atoms with van der Waals surface area (Å²) in [7, 11) is 1.61. The molecule has 1 unspecified atom stereocenters. The van der Waals surface area contributed by atoms with Gasteiger partial charge in [0.2, 0.25) is 0 Å². The lowest BCUT2D eigenvalue weighted by atomic mass is 10.0. The maximum atomic E-state index is 12.8. The molecule has 0 saturated heterocycles. The Morgan fingerprint density at radius 2 is 1.92 bits per heavy atom. The van der Waals surface area contributed by atoms with Crippen LogP contribution in [0.1, 0.15) is 17.3 Å². The van der Waals surface area contributed by atoms with Crippen LogP contribution in [0, 0.1) is 0 Å². The average molecular weight is 355 g/mol. The molecule has 1 aromatic heterocycles. The Kier molecular flexibility index (Phi) is 5.31. The first-order chi connectivity index (χ1) is 12.1. The van der Waals surface area contributed by atoms with Crippen LogP contribution in [0.4, 0.5) is 0 Å². The summed E-state index contributed by atoms with van der Waals surface area (Å²) in [4.78, 5) is 17.5. The van der Waals surface area contributed by atoms with Crippen molar-refractivity contribution in [3.8, 4) is 11.3 Å². The molecule has 0 fully saturated rings. The second-order valence-electron chi connectivity index (χ2n) is 5.88. The van der Waals surface area contributed by atoms with Gasteiger partial charge in [-0.2, -0.15) is 0 Å². The molecule has 25 heavy (non-hydrogen) atoms. The Balaban J connectivity index is 2.10. The second-order valence-corrected chi connectivity index (χ2v) is 6.29. The minimum absolute atomic E-state index is 0.0896. The van der Waals surface area contributed by atoms with Crippen LogP contribution in [0.2, 0.25) is 5.02 Å². The maximum absolute atomic E-state index is 12.8. The van der Waals surface area contributed by atoms with E-state index in [2.05, 4.69) is 10.3 Å². The topological polar surface area (TPSA) is 51.2 Å². The van der Waals surface area contributed by atoms with Crippen LogP contribution in [0.5, 0.6) is 0 Å². The van der Waals surface area contributed by atoms with Crippen molar-refractivity contribution in [2.24, 2.45) is 0 Å². The van der Waals surface area contributed by atoms with E-state index in [4.69, 9.17) is 16.3 Å².